The summed E-state index contributed by atoms with van der Waals surface area (Å²) in [6, 6.07) is 5.95. The Bertz CT molecular complexity index is 4310. The molecule has 21 heteroatoms. The SMILES string of the molecule is CC1(C)C(C(=O)N(C(=O)NC2CCCCC2)C2CCCCC2)C1c1c2nc(c(C3C(C(=O)N(C(=O)NC4CCCCC4)C4CCCCC4)C3(C)C)c3ccc([n-]3)c(C3C(C(=O)N(C(=O)NC4CCCCC4)C4CCCCC4)C3(C)C)c3ccc([n-]3)c(C3C(C(=O)N(C(=O)NC4CCCCC4)C4CCCCC4)C3(C)C)c3nc1C=C3)C=C2.[Ni+2]. The number of carbonyl (C=O) groups excluding carboxylic acids is 8. The fourth-order valence-corrected chi connectivity index (χ4v) is 24.7. The molecule has 4 N–H and O–H groups in total. The summed E-state index contributed by atoms with van der Waals surface area (Å²) in [4.78, 5) is 156. The van der Waals surface area contributed by atoms with Crippen molar-refractivity contribution in [1.82, 2.24) is 60.8 Å². The Labute approximate surface area is 704 Å². The van der Waals surface area contributed by atoms with E-state index in [2.05, 4.69) is 76.7 Å². The summed E-state index contributed by atoms with van der Waals surface area (Å²) in [6.07, 6.45) is 45.7. The summed E-state index contributed by atoms with van der Waals surface area (Å²) in [7, 11) is 0. The Morgan fingerprint density at radius 1 is 0.282 bits per heavy atom. The molecule has 0 radical (unpaired) electrons. The first kappa shape index (κ1) is 83.5. The van der Waals surface area contributed by atoms with Gasteiger partial charge in [0, 0.05) is 71.7 Å². The quantitative estimate of drug-likeness (QED) is 0.0673. The van der Waals surface area contributed by atoms with Crippen LogP contribution in [-0.4, -0.2) is 126 Å². The minimum atomic E-state index is -0.699. The summed E-state index contributed by atoms with van der Waals surface area (Å²) in [5, 5.41) is 13.6. The maximum absolute atomic E-state index is 16.3. The molecular weight excluding hydrogens is 1510 g/mol. The smallest absolute Gasteiger partial charge is 0.657 e. The van der Waals surface area contributed by atoms with Crippen LogP contribution in [-0.2, 0) is 35.7 Å². The number of urea groups is 4. The van der Waals surface area contributed by atoms with E-state index in [1.807, 2.05) is 48.6 Å². The standard InChI is InChI=1S/C96H134N12O8.Ni/c1-93(2)77(81(93)85(109)105(61-41-25-13-26-42-61)89(113)97-57-33-17-9-18-34-57)73-65-49-51-67(101-65)74(78-82(94(78,3)4)86(110)106(62-43-27-14-28-44-62)90(114)98-58-35-19-10-20-36-58)69-53-55-71(103-69)76(80-84(96(80,7)8)88(112)108(64-47-31-16-32-48-64)92(116)100-60-39-23-12-24-40-60)72-56-54-70(104-72)75(68-52-50-66(73)102-68)79-83(95(79,5)6)87(111)107(63-45-29-15-30-46-63)91(115)99-59-37-21-11-22-38-59;/h49-64,77-84H,9-48H2,1-8H3,(H6,97,98,99,100,101,102,103,104,113,114,115,116);/q;+2/p-2. The van der Waals surface area contributed by atoms with Crippen molar-refractivity contribution in [1.29, 1.82) is 0 Å². The van der Waals surface area contributed by atoms with Gasteiger partial charge in [-0.3, -0.25) is 38.8 Å². The Hall–Kier alpha value is -7.15. The number of rotatable bonds is 16. The number of nitrogens with one attached hydrogen (secondary N) is 4. The molecule has 8 atom stereocenters. The van der Waals surface area contributed by atoms with Crippen molar-refractivity contribution in [2.45, 2.75) is 384 Å². The predicted octanol–water partition coefficient (Wildman–Crippen LogP) is 19.7. The zero-order valence-electron chi connectivity index (χ0n) is 71.3. The van der Waals surface area contributed by atoms with Gasteiger partial charge in [0.1, 0.15) is 0 Å². The number of hydrogen-bond donors (Lipinski definition) is 4. The molecule has 8 bridgehead atoms. The summed E-state index contributed by atoms with van der Waals surface area (Å²) >= 11 is 0. The van der Waals surface area contributed by atoms with Gasteiger partial charge in [0.05, 0.1) is 46.4 Å². The third kappa shape index (κ3) is 16.2. The second-order valence-electron chi connectivity index (χ2n) is 40.8. The first-order valence-electron chi connectivity index (χ1n) is 46.5. The van der Waals surface area contributed by atoms with E-state index in [1.165, 1.54) is 0 Å². The number of nitrogens with zero attached hydrogens (tertiary/aromatic N) is 8. The van der Waals surface area contributed by atoms with Gasteiger partial charge in [0.25, 0.3) is 0 Å². The molecule has 14 aliphatic rings. The number of carbonyl (C=O) groups is 8. The summed E-state index contributed by atoms with van der Waals surface area (Å²) in [6.45, 7) is 17.1. The maximum atomic E-state index is 16.3. The molecule has 0 aromatic carbocycles. The minimum absolute atomic E-state index is 0. The molecule has 3 aromatic heterocycles. The van der Waals surface area contributed by atoms with E-state index in [4.69, 9.17) is 19.9 Å². The third-order valence-electron chi connectivity index (χ3n) is 31.7. The van der Waals surface area contributed by atoms with E-state index in [0.29, 0.717) is 44.8 Å². The van der Waals surface area contributed by atoms with E-state index >= 15 is 38.4 Å². The van der Waals surface area contributed by atoms with Crippen LogP contribution in [0.2, 0.25) is 0 Å². The van der Waals surface area contributed by atoms with Gasteiger partial charge in [0.2, 0.25) is 23.6 Å². The fraction of sp³-hybridized carbons (Fsp3) is 0.708. The average molecular weight is 1640 g/mol. The first-order chi connectivity index (χ1) is 55.9. The number of fused-ring (bicyclic) bond motifs is 8. The monoisotopic (exact) mass is 1640 g/mol. The van der Waals surface area contributed by atoms with Crippen molar-refractivity contribution in [2.24, 2.45) is 45.3 Å². The van der Waals surface area contributed by atoms with Gasteiger partial charge in [-0.1, -0.05) is 239 Å². The molecule has 634 valence electrons. The molecule has 12 amide bonds. The normalized spacial score (nSPS) is 28.0. The zero-order valence-corrected chi connectivity index (χ0v) is 72.3. The second kappa shape index (κ2) is 34.0. The van der Waals surface area contributed by atoms with Gasteiger partial charge in [-0.25, -0.2) is 29.1 Å². The van der Waals surface area contributed by atoms with Gasteiger partial charge in [-0.05, 0) is 166 Å². The molecular formula is C96H132N12NiO8. The third-order valence-corrected chi connectivity index (χ3v) is 31.7. The molecule has 20 nitrogen and oxygen atoms in total. The number of imide groups is 4. The van der Waals surface area contributed by atoms with Gasteiger partial charge in [-0.2, -0.15) is 0 Å². The average Bonchev–Trinajstić information content (AvgIpc) is 1.53. The van der Waals surface area contributed by atoms with Crippen LogP contribution in [0.4, 0.5) is 19.2 Å². The van der Waals surface area contributed by atoms with Gasteiger partial charge >= 0.3 is 40.6 Å². The Balaban J connectivity index is 0.0000102. The molecule has 3 aromatic rings. The molecule has 5 heterocycles. The van der Waals surface area contributed by atoms with Crippen molar-refractivity contribution in [3.05, 3.63) is 69.3 Å². The van der Waals surface area contributed by atoms with Crippen molar-refractivity contribution >= 4 is 94.1 Å². The van der Waals surface area contributed by atoms with E-state index in [1.54, 1.807) is 19.6 Å². The van der Waals surface area contributed by atoms with Crippen LogP contribution >= 0.6 is 0 Å². The molecule has 12 fully saturated rings. The van der Waals surface area contributed by atoms with Crippen LogP contribution in [0.15, 0.2) is 24.3 Å². The van der Waals surface area contributed by atoms with E-state index in [0.717, 1.165) is 279 Å². The van der Waals surface area contributed by atoms with Crippen LogP contribution in [0.25, 0.3) is 46.4 Å². The number of aromatic nitrogens is 4. The topological polar surface area (TPSA) is 252 Å². The van der Waals surface area contributed by atoms with Crippen LogP contribution in [0.1, 0.15) is 381 Å². The first-order valence-corrected chi connectivity index (χ1v) is 46.5. The molecule has 12 saturated carbocycles. The Morgan fingerprint density at radius 2 is 0.470 bits per heavy atom. The van der Waals surface area contributed by atoms with Crippen LogP contribution in [0.3, 0.4) is 0 Å². The molecule has 8 unspecified atom stereocenters. The summed E-state index contributed by atoms with van der Waals surface area (Å²) in [5.41, 5.74) is 5.07. The minimum Gasteiger partial charge on any atom is -0.657 e. The van der Waals surface area contributed by atoms with E-state index in [9.17, 15) is 0 Å². The van der Waals surface area contributed by atoms with Crippen LogP contribution in [0.5, 0.6) is 0 Å². The van der Waals surface area contributed by atoms with Crippen LogP contribution < -0.4 is 31.2 Å². The number of hydrogen-bond acceptors (Lipinski definition) is 10. The maximum Gasteiger partial charge on any atom is 2.00 e. The summed E-state index contributed by atoms with van der Waals surface area (Å²) < 4.78 is 0. The van der Waals surface area contributed by atoms with Gasteiger partial charge in [0.15, 0.2) is 0 Å². The largest absolute Gasteiger partial charge is 2.00 e. The van der Waals surface area contributed by atoms with Gasteiger partial charge < -0.3 is 31.2 Å². The summed E-state index contributed by atoms with van der Waals surface area (Å²) in [5.74, 6) is -5.25. The number of amides is 12. The Kier molecular flexibility index (Phi) is 24.3. The molecule has 2 aliphatic heterocycles. The van der Waals surface area contributed by atoms with Crippen LogP contribution in [0, 0.1) is 45.3 Å². The van der Waals surface area contributed by atoms with E-state index in [-0.39, 0.29) is 113 Å². The van der Waals surface area contributed by atoms with Crippen molar-refractivity contribution in [2.75, 3.05) is 0 Å². The predicted molar refractivity (Wildman–Crippen MR) is 453 cm³/mol. The molecule has 0 spiro atoms. The second-order valence-corrected chi connectivity index (χ2v) is 40.8. The fourth-order valence-electron chi connectivity index (χ4n) is 24.7. The molecule has 0 saturated heterocycles. The Morgan fingerprint density at radius 3 is 0.701 bits per heavy atom. The van der Waals surface area contributed by atoms with Gasteiger partial charge in [-0.15, -0.1) is 22.1 Å². The molecule has 17 rings (SSSR count). The molecule has 12 aliphatic carbocycles. The van der Waals surface area contributed by atoms with Crippen molar-refractivity contribution in [3.63, 3.8) is 0 Å². The molecule has 117 heavy (non-hydrogen) atoms. The zero-order chi connectivity index (χ0) is 80.7. The van der Waals surface area contributed by atoms with E-state index < -0.39 is 69.0 Å². The van der Waals surface area contributed by atoms with Crippen molar-refractivity contribution < 1.29 is 54.8 Å². The van der Waals surface area contributed by atoms with Crippen molar-refractivity contribution in [3.8, 4) is 0 Å².